The minimum atomic E-state index is -4.52. The smallest absolute Gasteiger partial charge is 0.330 e. The van der Waals surface area contributed by atoms with E-state index in [1.54, 1.807) is 0 Å². The summed E-state index contributed by atoms with van der Waals surface area (Å²) in [6.45, 7) is 4.37. The maximum absolute atomic E-state index is 11.8. The lowest BCUT2D eigenvalue weighted by atomic mass is 9.87. The Bertz CT molecular complexity index is 211. The van der Waals surface area contributed by atoms with E-state index in [4.69, 9.17) is 5.73 Å². The molecule has 96 valence electrons. The number of alkyl halides is 3. The summed E-state index contributed by atoms with van der Waals surface area (Å²) in [6.07, 6.45) is -3.52. The van der Waals surface area contributed by atoms with Crippen LogP contribution in [0.2, 0.25) is 0 Å². The Morgan fingerprint density at radius 3 is 2.69 bits per heavy atom. The molecule has 16 heavy (non-hydrogen) atoms. The highest BCUT2D eigenvalue weighted by atomic mass is 19.4. The highest BCUT2D eigenvalue weighted by Crippen LogP contribution is 2.22. The lowest BCUT2D eigenvalue weighted by Crippen LogP contribution is -2.44. The predicted octanol–water partition coefficient (Wildman–Crippen LogP) is 1.44. The van der Waals surface area contributed by atoms with Crippen molar-refractivity contribution in [3.8, 4) is 0 Å². The van der Waals surface area contributed by atoms with Crippen molar-refractivity contribution in [2.75, 3.05) is 32.8 Å². The quantitative estimate of drug-likeness (QED) is 0.808. The van der Waals surface area contributed by atoms with E-state index in [1.165, 1.54) is 0 Å². The molecule has 3 nitrogen and oxygen atoms in total. The molecule has 0 saturated carbocycles. The predicted molar refractivity (Wildman–Crippen MR) is 54.8 cm³/mol. The topological polar surface area (TPSA) is 38.5 Å². The Hall–Kier alpha value is -0.330. The van der Waals surface area contributed by atoms with E-state index in [0.29, 0.717) is 24.9 Å². The molecule has 1 fully saturated rings. The van der Waals surface area contributed by atoms with Crippen LogP contribution in [-0.4, -0.2) is 44.0 Å². The van der Waals surface area contributed by atoms with Crippen LogP contribution in [0, 0.1) is 11.8 Å². The van der Waals surface area contributed by atoms with Gasteiger partial charge in [-0.05, 0) is 31.3 Å². The van der Waals surface area contributed by atoms with Crippen LogP contribution in [-0.2, 0) is 4.74 Å². The summed E-state index contributed by atoms with van der Waals surface area (Å²) in [5.41, 5.74) is 5.62. The molecule has 1 heterocycles. The van der Waals surface area contributed by atoms with Gasteiger partial charge in [0, 0.05) is 13.1 Å². The second-order valence-corrected chi connectivity index (χ2v) is 4.36. The van der Waals surface area contributed by atoms with E-state index in [9.17, 15) is 13.2 Å². The molecule has 0 aromatic carbocycles. The van der Waals surface area contributed by atoms with Gasteiger partial charge in [0.1, 0.15) is 0 Å². The number of nitrogens with two attached hydrogens (primary N) is 1. The second kappa shape index (κ2) is 5.84. The molecule has 0 amide bonds. The number of nitrogens with zero attached hydrogens (tertiary/aromatic N) is 1. The molecule has 0 spiro atoms. The van der Waals surface area contributed by atoms with Gasteiger partial charge in [0.25, 0.3) is 0 Å². The fourth-order valence-corrected chi connectivity index (χ4v) is 2.03. The van der Waals surface area contributed by atoms with Crippen LogP contribution in [0.25, 0.3) is 0 Å². The lowest BCUT2D eigenvalue weighted by Gasteiger charge is -2.36. The van der Waals surface area contributed by atoms with Crippen molar-refractivity contribution in [1.29, 1.82) is 0 Å². The molecule has 0 aliphatic carbocycles. The van der Waals surface area contributed by atoms with Gasteiger partial charge < -0.3 is 10.6 Å². The van der Waals surface area contributed by atoms with Crippen molar-refractivity contribution in [1.82, 2.24) is 4.90 Å². The average Bonchev–Trinajstić information content (AvgIpc) is 2.18. The number of hydrogen-bond donors (Lipinski definition) is 1. The maximum atomic E-state index is 11.8. The van der Waals surface area contributed by atoms with Crippen LogP contribution in [0.4, 0.5) is 13.2 Å². The zero-order valence-electron chi connectivity index (χ0n) is 9.46. The molecule has 1 aliphatic rings. The highest BCUT2D eigenvalue weighted by molar-refractivity contribution is 4.78. The minimum Gasteiger partial charge on any atom is -0.330 e. The Morgan fingerprint density at radius 2 is 2.12 bits per heavy atom. The van der Waals surface area contributed by atoms with Gasteiger partial charge in [0.15, 0.2) is 0 Å². The molecule has 2 unspecified atom stereocenters. The first-order valence-corrected chi connectivity index (χ1v) is 5.55. The maximum Gasteiger partial charge on any atom is 0.522 e. The number of likely N-dealkylation sites (tertiary alicyclic amines) is 1. The minimum absolute atomic E-state index is 0.296. The third kappa shape index (κ3) is 4.67. The van der Waals surface area contributed by atoms with Crippen LogP contribution in [0.5, 0.6) is 0 Å². The SMILES string of the molecule is CC1CCN(CCOC(F)(F)F)CC1CN. The zero-order chi connectivity index (χ0) is 12.2. The van der Waals surface area contributed by atoms with E-state index >= 15 is 0 Å². The van der Waals surface area contributed by atoms with Crippen LogP contribution in [0.1, 0.15) is 13.3 Å². The summed E-state index contributed by atoms with van der Waals surface area (Å²) in [4.78, 5) is 1.99. The molecular weight excluding hydrogens is 221 g/mol. The zero-order valence-corrected chi connectivity index (χ0v) is 9.46. The Morgan fingerprint density at radius 1 is 1.44 bits per heavy atom. The van der Waals surface area contributed by atoms with E-state index in [1.807, 2.05) is 4.90 Å². The lowest BCUT2D eigenvalue weighted by molar-refractivity contribution is -0.325. The van der Waals surface area contributed by atoms with Gasteiger partial charge in [-0.15, -0.1) is 13.2 Å². The average molecular weight is 240 g/mol. The molecule has 1 saturated heterocycles. The van der Waals surface area contributed by atoms with Crippen LogP contribution in [0.3, 0.4) is 0 Å². The number of piperidine rings is 1. The van der Waals surface area contributed by atoms with Gasteiger partial charge in [-0.2, -0.15) is 0 Å². The molecule has 1 rings (SSSR count). The summed E-state index contributed by atoms with van der Waals surface area (Å²) in [6, 6.07) is 0. The van der Waals surface area contributed by atoms with E-state index in [0.717, 1.165) is 19.5 Å². The molecule has 2 atom stereocenters. The number of hydrogen-bond acceptors (Lipinski definition) is 3. The first-order chi connectivity index (χ1) is 7.42. The van der Waals surface area contributed by atoms with Crippen molar-refractivity contribution in [3.05, 3.63) is 0 Å². The highest BCUT2D eigenvalue weighted by Gasteiger charge is 2.30. The van der Waals surface area contributed by atoms with Gasteiger partial charge >= 0.3 is 6.36 Å². The standard InChI is InChI=1S/C10H19F3N2O/c1-8-2-3-15(7-9(8)6-14)4-5-16-10(11,12)13/h8-9H,2-7,14H2,1H3. The van der Waals surface area contributed by atoms with Crippen molar-refractivity contribution in [2.24, 2.45) is 17.6 Å². The summed E-state index contributed by atoms with van der Waals surface area (Å²) in [7, 11) is 0. The van der Waals surface area contributed by atoms with Gasteiger partial charge in [-0.25, -0.2) is 0 Å². The molecule has 0 aromatic heterocycles. The first kappa shape index (κ1) is 13.7. The van der Waals surface area contributed by atoms with E-state index in [-0.39, 0.29) is 6.61 Å². The summed E-state index contributed by atoms with van der Waals surface area (Å²) in [5.74, 6) is 0.949. The molecule has 1 aliphatic heterocycles. The summed E-state index contributed by atoms with van der Waals surface area (Å²) < 4.78 is 39.0. The van der Waals surface area contributed by atoms with Crippen molar-refractivity contribution in [3.63, 3.8) is 0 Å². The third-order valence-electron chi connectivity index (χ3n) is 3.17. The Labute approximate surface area is 93.7 Å². The van der Waals surface area contributed by atoms with E-state index < -0.39 is 6.36 Å². The molecule has 0 bridgehead atoms. The van der Waals surface area contributed by atoms with Crippen LogP contribution in [0.15, 0.2) is 0 Å². The van der Waals surface area contributed by atoms with Crippen molar-refractivity contribution < 1.29 is 17.9 Å². The fraction of sp³-hybridized carbons (Fsp3) is 1.00. The third-order valence-corrected chi connectivity index (χ3v) is 3.17. The normalized spacial score (nSPS) is 28.3. The van der Waals surface area contributed by atoms with Gasteiger partial charge in [0.2, 0.25) is 0 Å². The molecule has 6 heteroatoms. The second-order valence-electron chi connectivity index (χ2n) is 4.36. The number of rotatable bonds is 4. The fourth-order valence-electron chi connectivity index (χ4n) is 2.03. The van der Waals surface area contributed by atoms with Crippen molar-refractivity contribution in [2.45, 2.75) is 19.7 Å². The van der Waals surface area contributed by atoms with Crippen molar-refractivity contribution >= 4 is 0 Å². The Balaban J connectivity index is 2.23. The van der Waals surface area contributed by atoms with Crippen LogP contribution < -0.4 is 5.73 Å². The first-order valence-electron chi connectivity index (χ1n) is 5.55. The van der Waals surface area contributed by atoms with Crippen LogP contribution >= 0.6 is 0 Å². The largest absolute Gasteiger partial charge is 0.522 e. The summed E-state index contributed by atoms with van der Waals surface area (Å²) >= 11 is 0. The molecule has 2 N–H and O–H groups in total. The number of halogens is 3. The number of ether oxygens (including phenoxy) is 1. The van der Waals surface area contributed by atoms with Gasteiger partial charge in [-0.3, -0.25) is 4.74 Å². The monoisotopic (exact) mass is 240 g/mol. The van der Waals surface area contributed by atoms with Gasteiger partial charge in [-0.1, -0.05) is 6.92 Å². The van der Waals surface area contributed by atoms with E-state index in [2.05, 4.69) is 11.7 Å². The summed E-state index contributed by atoms with van der Waals surface area (Å²) in [5, 5.41) is 0. The molecule has 0 radical (unpaired) electrons. The van der Waals surface area contributed by atoms with Gasteiger partial charge in [0.05, 0.1) is 6.61 Å². The Kier molecular flexibility index (Phi) is 5.01. The molecular formula is C10H19F3N2O. The molecule has 0 aromatic rings.